The molecule has 1 amide bonds. The van der Waals surface area contributed by atoms with Crippen molar-refractivity contribution in [2.75, 3.05) is 6.54 Å². The fourth-order valence-electron chi connectivity index (χ4n) is 1.55. The first-order valence-corrected chi connectivity index (χ1v) is 5.98. The van der Waals surface area contributed by atoms with Crippen molar-refractivity contribution in [2.45, 2.75) is 13.3 Å². The maximum absolute atomic E-state index is 11.8. The van der Waals surface area contributed by atoms with Gasteiger partial charge in [0, 0.05) is 12.7 Å². The molecule has 0 aromatic carbocycles. The first-order valence-electron chi connectivity index (χ1n) is 5.98. The number of rotatable bonds is 4. The zero-order chi connectivity index (χ0) is 12.8. The number of hydrogen-bond donors (Lipinski definition) is 1. The van der Waals surface area contributed by atoms with Crippen molar-refractivity contribution in [3.05, 3.63) is 48.3 Å². The molecule has 0 saturated carbocycles. The van der Waals surface area contributed by atoms with Gasteiger partial charge in [0.1, 0.15) is 5.69 Å². The van der Waals surface area contributed by atoms with Crippen LogP contribution < -0.4 is 5.32 Å². The molecule has 0 radical (unpaired) electrons. The van der Waals surface area contributed by atoms with Crippen LogP contribution in [0.25, 0.3) is 11.4 Å². The van der Waals surface area contributed by atoms with Gasteiger partial charge >= 0.3 is 0 Å². The maximum Gasteiger partial charge on any atom is 0.269 e. The van der Waals surface area contributed by atoms with E-state index in [-0.39, 0.29) is 5.91 Å². The highest BCUT2D eigenvalue weighted by molar-refractivity contribution is 5.92. The van der Waals surface area contributed by atoms with Crippen LogP contribution in [0.15, 0.2) is 42.6 Å². The number of carbonyl (C=O) groups is 1. The molecule has 2 aromatic heterocycles. The van der Waals surface area contributed by atoms with Crippen LogP contribution in [0.1, 0.15) is 23.8 Å². The lowest BCUT2D eigenvalue weighted by Crippen LogP contribution is -2.24. The molecule has 1 N–H and O–H groups in total. The molecule has 0 spiro atoms. The summed E-state index contributed by atoms with van der Waals surface area (Å²) in [6.45, 7) is 2.67. The molecular weight excluding hydrogens is 226 g/mol. The molecule has 0 aliphatic heterocycles. The number of amides is 1. The van der Waals surface area contributed by atoms with Crippen LogP contribution in [-0.2, 0) is 0 Å². The Labute approximate surface area is 106 Å². The van der Waals surface area contributed by atoms with Crippen LogP contribution in [-0.4, -0.2) is 22.4 Å². The molecule has 0 unspecified atom stereocenters. The molecule has 92 valence electrons. The summed E-state index contributed by atoms with van der Waals surface area (Å²) in [4.78, 5) is 20.3. The molecule has 0 bridgehead atoms. The SMILES string of the molecule is CCCNC(=O)c1cccc(-c2ccccn2)n1. The van der Waals surface area contributed by atoms with Gasteiger partial charge in [-0.1, -0.05) is 19.1 Å². The Kier molecular flexibility index (Phi) is 4.02. The Bertz CT molecular complexity index is 526. The van der Waals surface area contributed by atoms with Crippen molar-refractivity contribution in [1.29, 1.82) is 0 Å². The molecule has 0 fully saturated rings. The van der Waals surface area contributed by atoms with Crippen LogP contribution >= 0.6 is 0 Å². The Hall–Kier alpha value is -2.23. The van der Waals surface area contributed by atoms with Gasteiger partial charge in [0.25, 0.3) is 5.91 Å². The van der Waals surface area contributed by atoms with Gasteiger partial charge in [0.2, 0.25) is 0 Å². The Morgan fingerprint density at radius 1 is 1.17 bits per heavy atom. The zero-order valence-electron chi connectivity index (χ0n) is 10.3. The second-order valence-corrected chi connectivity index (χ2v) is 3.88. The van der Waals surface area contributed by atoms with Crippen LogP contribution in [0.4, 0.5) is 0 Å². The smallest absolute Gasteiger partial charge is 0.269 e. The average Bonchev–Trinajstić information content (AvgIpc) is 2.46. The lowest BCUT2D eigenvalue weighted by molar-refractivity contribution is 0.0949. The van der Waals surface area contributed by atoms with Gasteiger partial charge in [-0.25, -0.2) is 4.98 Å². The molecule has 4 nitrogen and oxygen atoms in total. The van der Waals surface area contributed by atoms with E-state index in [4.69, 9.17) is 0 Å². The Balaban J connectivity index is 2.23. The summed E-state index contributed by atoms with van der Waals surface area (Å²) in [6.07, 6.45) is 2.62. The normalized spacial score (nSPS) is 10.1. The minimum Gasteiger partial charge on any atom is -0.351 e. The second kappa shape index (κ2) is 5.91. The van der Waals surface area contributed by atoms with Crippen molar-refractivity contribution in [2.24, 2.45) is 0 Å². The first kappa shape index (κ1) is 12.2. The van der Waals surface area contributed by atoms with Gasteiger partial charge in [-0.3, -0.25) is 9.78 Å². The predicted molar refractivity (Wildman–Crippen MR) is 70.1 cm³/mol. The monoisotopic (exact) mass is 241 g/mol. The third-order valence-electron chi connectivity index (χ3n) is 2.44. The van der Waals surface area contributed by atoms with E-state index in [1.165, 1.54) is 0 Å². The molecule has 4 heteroatoms. The molecule has 2 aromatic rings. The fraction of sp³-hybridized carbons (Fsp3) is 0.214. The number of carbonyl (C=O) groups excluding carboxylic acids is 1. The molecule has 0 aliphatic rings. The quantitative estimate of drug-likeness (QED) is 0.893. The summed E-state index contributed by atoms with van der Waals surface area (Å²) in [5.41, 5.74) is 1.90. The van der Waals surface area contributed by atoms with E-state index in [2.05, 4.69) is 15.3 Å². The summed E-state index contributed by atoms with van der Waals surface area (Å²) < 4.78 is 0. The van der Waals surface area contributed by atoms with E-state index in [0.29, 0.717) is 17.9 Å². The first-order chi connectivity index (χ1) is 8.81. The van der Waals surface area contributed by atoms with E-state index < -0.39 is 0 Å². The van der Waals surface area contributed by atoms with Gasteiger partial charge < -0.3 is 5.32 Å². The zero-order valence-corrected chi connectivity index (χ0v) is 10.3. The van der Waals surface area contributed by atoms with Gasteiger partial charge in [0.05, 0.1) is 11.4 Å². The standard InChI is InChI=1S/C14H15N3O/c1-2-9-16-14(18)13-8-5-7-12(17-13)11-6-3-4-10-15-11/h3-8,10H,2,9H2,1H3,(H,16,18). The lowest BCUT2D eigenvalue weighted by Gasteiger charge is -2.04. The fourth-order valence-corrected chi connectivity index (χ4v) is 1.55. The van der Waals surface area contributed by atoms with Crippen LogP contribution in [0.5, 0.6) is 0 Å². The molecule has 18 heavy (non-hydrogen) atoms. The summed E-state index contributed by atoms with van der Waals surface area (Å²) in [7, 11) is 0. The number of hydrogen-bond acceptors (Lipinski definition) is 3. The summed E-state index contributed by atoms with van der Waals surface area (Å²) in [6, 6.07) is 11.0. The van der Waals surface area contributed by atoms with Gasteiger partial charge in [-0.05, 0) is 30.7 Å². The topological polar surface area (TPSA) is 54.9 Å². The summed E-state index contributed by atoms with van der Waals surface area (Å²) >= 11 is 0. The lowest BCUT2D eigenvalue weighted by atomic mass is 10.2. The molecular formula is C14H15N3O. The van der Waals surface area contributed by atoms with Crippen LogP contribution in [0.2, 0.25) is 0 Å². The number of nitrogens with one attached hydrogen (secondary N) is 1. The van der Waals surface area contributed by atoms with E-state index >= 15 is 0 Å². The molecule has 0 aliphatic carbocycles. The average molecular weight is 241 g/mol. The van der Waals surface area contributed by atoms with E-state index in [9.17, 15) is 4.79 Å². The van der Waals surface area contributed by atoms with Crippen LogP contribution in [0, 0.1) is 0 Å². The second-order valence-electron chi connectivity index (χ2n) is 3.88. The van der Waals surface area contributed by atoms with E-state index in [1.807, 2.05) is 37.3 Å². The van der Waals surface area contributed by atoms with Crippen LogP contribution in [0.3, 0.4) is 0 Å². The molecule has 2 heterocycles. The highest BCUT2D eigenvalue weighted by Crippen LogP contribution is 2.13. The van der Waals surface area contributed by atoms with Gasteiger partial charge in [-0.2, -0.15) is 0 Å². The van der Waals surface area contributed by atoms with Crippen molar-refractivity contribution in [3.8, 4) is 11.4 Å². The van der Waals surface area contributed by atoms with Gasteiger partial charge in [0.15, 0.2) is 0 Å². The number of nitrogens with zero attached hydrogens (tertiary/aromatic N) is 2. The van der Waals surface area contributed by atoms with Crippen molar-refractivity contribution >= 4 is 5.91 Å². The van der Waals surface area contributed by atoms with Crippen molar-refractivity contribution < 1.29 is 4.79 Å². The van der Waals surface area contributed by atoms with Gasteiger partial charge in [-0.15, -0.1) is 0 Å². The molecule has 0 atom stereocenters. The predicted octanol–water partition coefficient (Wildman–Crippen LogP) is 2.28. The summed E-state index contributed by atoms with van der Waals surface area (Å²) in [5, 5.41) is 2.81. The Morgan fingerprint density at radius 2 is 2.00 bits per heavy atom. The highest BCUT2D eigenvalue weighted by atomic mass is 16.1. The minimum atomic E-state index is -0.144. The molecule has 2 rings (SSSR count). The summed E-state index contributed by atoms with van der Waals surface area (Å²) in [5.74, 6) is -0.144. The minimum absolute atomic E-state index is 0.144. The maximum atomic E-state index is 11.8. The van der Waals surface area contributed by atoms with E-state index in [1.54, 1.807) is 12.3 Å². The third-order valence-corrected chi connectivity index (χ3v) is 2.44. The van der Waals surface area contributed by atoms with Crippen molar-refractivity contribution in [1.82, 2.24) is 15.3 Å². The largest absolute Gasteiger partial charge is 0.351 e. The van der Waals surface area contributed by atoms with Crippen molar-refractivity contribution in [3.63, 3.8) is 0 Å². The number of pyridine rings is 2. The number of aromatic nitrogens is 2. The van der Waals surface area contributed by atoms with E-state index in [0.717, 1.165) is 12.1 Å². The highest BCUT2D eigenvalue weighted by Gasteiger charge is 2.08. The third kappa shape index (κ3) is 2.91. The molecule has 0 saturated heterocycles. The Morgan fingerprint density at radius 3 is 2.72 bits per heavy atom.